The molecule has 0 aliphatic carbocycles. The zero-order valence-corrected chi connectivity index (χ0v) is 17.3. The Balaban J connectivity index is 1.96. The van der Waals surface area contributed by atoms with Crippen LogP contribution in [0.1, 0.15) is 63.4 Å². The first-order valence-corrected chi connectivity index (χ1v) is 9.78. The second-order valence-corrected chi connectivity index (χ2v) is 9.15. The largest absolute Gasteiger partial charge is 0.393 e. The number of carbonyl (C=O) groups is 2. The number of rotatable bonds is 6. The van der Waals surface area contributed by atoms with Crippen molar-refractivity contribution in [3.05, 3.63) is 59.7 Å². The summed E-state index contributed by atoms with van der Waals surface area (Å²) in [5, 5.41) is 9.68. The summed E-state index contributed by atoms with van der Waals surface area (Å²) in [6.45, 7) is 9.55. The Morgan fingerprint density at radius 2 is 1.79 bits per heavy atom. The second kappa shape index (κ2) is 7.17. The summed E-state index contributed by atoms with van der Waals surface area (Å²) in [6.07, 6.45) is 0.474. The van der Waals surface area contributed by atoms with E-state index >= 15 is 0 Å². The zero-order valence-electron chi connectivity index (χ0n) is 17.3. The van der Waals surface area contributed by atoms with Gasteiger partial charge in [-0.05, 0) is 68.5 Å². The van der Waals surface area contributed by atoms with Gasteiger partial charge in [0.25, 0.3) is 0 Å². The molecule has 1 amide bonds. The molecule has 1 aliphatic rings. The fraction of sp³-hybridized carbons (Fsp3) is 0.417. The summed E-state index contributed by atoms with van der Waals surface area (Å²) >= 11 is 0. The van der Waals surface area contributed by atoms with Crippen molar-refractivity contribution in [3.63, 3.8) is 0 Å². The summed E-state index contributed by atoms with van der Waals surface area (Å²) in [5.41, 5.74) is 2.17. The Labute approximate surface area is 167 Å². The quantitative estimate of drug-likeness (QED) is 0.718. The molecule has 1 heterocycles. The number of amides is 1. The van der Waals surface area contributed by atoms with Gasteiger partial charge >= 0.3 is 0 Å². The fourth-order valence-electron chi connectivity index (χ4n) is 4.15. The summed E-state index contributed by atoms with van der Waals surface area (Å²) in [7, 11) is 0. The van der Waals surface area contributed by atoms with Crippen LogP contribution in [-0.4, -0.2) is 22.9 Å². The summed E-state index contributed by atoms with van der Waals surface area (Å²) in [5.74, 6) is 0.0441. The van der Waals surface area contributed by atoms with Crippen LogP contribution in [0.15, 0.2) is 48.5 Å². The first kappa shape index (κ1) is 20.3. The van der Waals surface area contributed by atoms with Crippen LogP contribution in [0.25, 0.3) is 0 Å². The van der Waals surface area contributed by atoms with Gasteiger partial charge in [-0.1, -0.05) is 32.0 Å². The molecule has 1 unspecified atom stereocenters. The van der Waals surface area contributed by atoms with E-state index in [2.05, 4.69) is 0 Å². The number of para-hydroxylation sites is 1. The molecule has 0 fully saturated rings. The molecule has 0 spiro atoms. The number of aliphatic hydroxyl groups is 1. The predicted molar refractivity (Wildman–Crippen MR) is 112 cm³/mol. The van der Waals surface area contributed by atoms with Gasteiger partial charge in [-0.3, -0.25) is 14.5 Å². The van der Waals surface area contributed by atoms with Crippen molar-refractivity contribution in [2.75, 3.05) is 4.90 Å². The van der Waals surface area contributed by atoms with Crippen LogP contribution < -0.4 is 4.90 Å². The van der Waals surface area contributed by atoms with Crippen LogP contribution in [0.5, 0.6) is 0 Å². The molecule has 2 aromatic carbocycles. The first-order chi connectivity index (χ1) is 13.0. The molecular weight excluding hydrogens is 350 g/mol. The molecular formula is C24H29NO3. The van der Waals surface area contributed by atoms with E-state index in [0.717, 1.165) is 16.9 Å². The van der Waals surface area contributed by atoms with Gasteiger partial charge < -0.3 is 5.11 Å². The van der Waals surface area contributed by atoms with Crippen LogP contribution in [0.3, 0.4) is 0 Å². The Morgan fingerprint density at radius 1 is 1.14 bits per heavy atom. The molecule has 1 atom stereocenters. The number of carbonyl (C=O) groups excluding carboxylic acids is 2. The average molecular weight is 380 g/mol. The summed E-state index contributed by atoms with van der Waals surface area (Å²) < 4.78 is 0. The fourth-order valence-corrected chi connectivity index (χ4v) is 4.15. The minimum atomic E-state index is -0.698. The molecule has 4 nitrogen and oxygen atoms in total. The monoisotopic (exact) mass is 379 g/mol. The molecule has 0 saturated heterocycles. The standard InChI is InChI=1S/C24H29NO3/c1-16(26)14-23(2,3)15-21(27)17-11-12-20-19(13-17)24(4,5)22(28)25(20)18-9-7-6-8-10-18/h6-13,16,26H,14-15H2,1-5H3. The van der Waals surface area contributed by atoms with Gasteiger partial charge in [0.1, 0.15) is 0 Å². The number of hydrogen-bond acceptors (Lipinski definition) is 3. The Kier molecular flexibility index (Phi) is 5.20. The van der Waals surface area contributed by atoms with Gasteiger partial charge in [-0.25, -0.2) is 0 Å². The van der Waals surface area contributed by atoms with Crippen molar-refractivity contribution in [2.24, 2.45) is 5.41 Å². The third-order valence-corrected chi connectivity index (χ3v) is 5.47. The molecule has 2 aromatic rings. The maximum absolute atomic E-state index is 13.1. The first-order valence-electron chi connectivity index (χ1n) is 9.78. The maximum Gasteiger partial charge on any atom is 0.241 e. The zero-order chi connectivity index (χ0) is 20.7. The van der Waals surface area contributed by atoms with Gasteiger partial charge in [0, 0.05) is 17.7 Å². The van der Waals surface area contributed by atoms with E-state index in [9.17, 15) is 14.7 Å². The minimum absolute atomic E-state index is 0.00716. The van der Waals surface area contributed by atoms with E-state index in [1.807, 2.05) is 76.2 Å². The normalized spacial score (nSPS) is 16.8. The molecule has 3 rings (SSSR count). The van der Waals surface area contributed by atoms with E-state index in [0.29, 0.717) is 18.4 Å². The molecule has 28 heavy (non-hydrogen) atoms. The number of aliphatic hydroxyl groups excluding tert-OH is 1. The van der Waals surface area contributed by atoms with Crippen molar-refractivity contribution >= 4 is 23.1 Å². The molecule has 1 aliphatic heterocycles. The number of benzene rings is 2. The number of ketones is 1. The van der Waals surface area contributed by atoms with Crippen molar-refractivity contribution in [2.45, 2.75) is 59.0 Å². The Morgan fingerprint density at radius 3 is 2.39 bits per heavy atom. The number of nitrogens with zero attached hydrogens (tertiary/aromatic N) is 1. The number of fused-ring (bicyclic) bond motifs is 1. The lowest BCUT2D eigenvalue weighted by Crippen LogP contribution is -2.33. The van der Waals surface area contributed by atoms with Crippen molar-refractivity contribution in [1.29, 1.82) is 0 Å². The van der Waals surface area contributed by atoms with E-state index in [4.69, 9.17) is 0 Å². The minimum Gasteiger partial charge on any atom is -0.393 e. The van der Waals surface area contributed by atoms with Crippen LogP contribution in [-0.2, 0) is 10.2 Å². The topological polar surface area (TPSA) is 57.6 Å². The number of Topliss-reactive ketones (excluding diaryl/α,β-unsaturated/α-hetero) is 1. The van der Waals surface area contributed by atoms with E-state index in [1.165, 1.54) is 0 Å². The lowest BCUT2D eigenvalue weighted by Gasteiger charge is -2.25. The molecule has 0 aromatic heterocycles. The van der Waals surface area contributed by atoms with E-state index in [-0.39, 0.29) is 17.1 Å². The molecule has 148 valence electrons. The lowest BCUT2D eigenvalue weighted by molar-refractivity contribution is -0.121. The van der Waals surface area contributed by atoms with Crippen LogP contribution in [0, 0.1) is 5.41 Å². The van der Waals surface area contributed by atoms with Gasteiger partial charge in [0.05, 0.1) is 17.2 Å². The van der Waals surface area contributed by atoms with Crippen molar-refractivity contribution < 1.29 is 14.7 Å². The summed E-state index contributed by atoms with van der Waals surface area (Å²) in [6, 6.07) is 15.1. The Bertz CT molecular complexity index is 897. The molecule has 0 bridgehead atoms. The number of anilines is 2. The van der Waals surface area contributed by atoms with Crippen LogP contribution in [0.4, 0.5) is 11.4 Å². The third-order valence-electron chi connectivity index (χ3n) is 5.47. The predicted octanol–water partition coefficient (Wildman–Crippen LogP) is 5.01. The van der Waals surface area contributed by atoms with Crippen LogP contribution in [0.2, 0.25) is 0 Å². The number of hydrogen-bond donors (Lipinski definition) is 1. The molecule has 0 saturated carbocycles. The smallest absolute Gasteiger partial charge is 0.241 e. The van der Waals surface area contributed by atoms with Gasteiger partial charge in [0.15, 0.2) is 5.78 Å². The highest BCUT2D eigenvalue weighted by molar-refractivity contribution is 6.13. The van der Waals surface area contributed by atoms with Gasteiger partial charge in [0.2, 0.25) is 5.91 Å². The third kappa shape index (κ3) is 3.74. The van der Waals surface area contributed by atoms with E-state index in [1.54, 1.807) is 11.8 Å². The maximum atomic E-state index is 13.1. The van der Waals surface area contributed by atoms with Crippen molar-refractivity contribution in [1.82, 2.24) is 0 Å². The molecule has 1 N–H and O–H groups in total. The highest BCUT2D eigenvalue weighted by atomic mass is 16.3. The Hall–Kier alpha value is -2.46. The lowest BCUT2D eigenvalue weighted by atomic mass is 9.80. The average Bonchev–Trinajstić information content (AvgIpc) is 2.80. The highest BCUT2D eigenvalue weighted by Crippen LogP contribution is 2.45. The van der Waals surface area contributed by atoms with Crippen LogP contribution >= 0.6 is 0 Å². The SMILES string of the molecule is CC(O)CC(C)(C)CC(=O)c1ccc2c(c1)C(C)(C)C(=O)N2c1ccccc1. The van der Waals surface area contributed by atoms with Gasteiger partial charge in [-0.15, -0.1) is 0 Å². The second-order valence-electron chi connectivity index (χ2n) is 9.15. The highest BCUT2D eigenvalue weighted by Gasteiger charge is 2.44. The van der Waals surface area contributed by atoms with Gasteiger partial charge in [-0.2, -0.15) is 0 Å². The van der Waals surface area contributed by atoms with E-state index < -0.39 is 11.5 Å². The molecule has 0 radical (unpaired) electrons. The summed E-state index contributed by atoms with van der Waals surface area (Å²) in [4.78, 5) is 27.8. The van der Waals surface area contributed by atoms with Crippen molar-refractivity contribution in [3.8, 4) is 0 Å². The molecule has 4 heteroatoms.